The molecule has 1 amide bonds. The Morgan fingerprint density at radius 1 is 1.39 bits per heavy atom. The van der Waals surface area contributed by atoms with Gasteiger partial charge in [-0.25, -0.2) is 14.1 Å². The lowest BCUT2D eigenvalue weighted by molar-refractivity contribution is 0.0928. The van der Waals surface area contributed by atoms with Crippen LogP contribution in [-0.4, -0.2) is 27.8 Å². The summed E-state index contributed by atoms with van der Waals surface area (Å²) in [4.78, 5) is 16.3. The number of nitrogens with one attached hydrogen (secondary N) is 1. The van der Waals surface area contributed by atoms with Crippen LogP contribution < -0.4 is 10.1 Å². The molecule has 0 fully saturated rings. The minimum Gasteiger partial charge on any atom is -0.496 e. The highest BCUT2D eigenvalue weighted by Gasteiger charge is 2.21. The van der Waals surface area contributed by atoms with E-state index in [1.165, 1.54) is 31.6 Å². The number of hydrogen-bond donors (Lipinski definition) is 1. The van der Waals surface area contributed by atoms with Gasteiger partial charge in [0.05, 0.1) is 18.7 Å². The lowest BCUT2D eigenvalue weighted by atomic mass is 10.1. The molecule has 7 heteroatoms. The molecule has 23 heavy (non-hydrogen) atoms. The van der Waals surface area contributed by atoms with Gasteiger partial charge in [0.15, 0.2) is 0 Å². The SMILES string of the molecule is COc1ccc(F)cc1C(C)NC(=O)c1ncn(C(C)(C)C)n1. The third-order valence-electron chi connectivity index (χ3n) is 3.39. The second-order valence-corrected chi connectivity index (χ2v) is 6.26. The summed E-state index contributed by atoms with van der Waals surface area (Å²) in [6.45, 7) is 7.63. The summed E-state index contributed by atoms with van der Waals surface area (Å²) in [6, 6.07) is 3.73. The molecule has 1 unspecified atom stereocenters. The van der Waals surface area contributed by atoms with Crippen molar-refractivity contribution in [1.29, 1.82) is 0 Å². The molecule has 0 aliphatic carbocycles. The number of carbonyl (C=O) groups excluding carboxylic acids is 1. The summed E-state index contributed by atoms with van der Waals surface area (Å²) < 4.78 is 20.3. The van der Waals surface area contributed by atoms with E-state index in [-0.39, 0.29) is 11.4 Å². The first-order chi connectivity index (χ1) is 10.7. The van der Waals surface area contributed by atoms with Crippen molar-refractivity contribution in [3.8, 4) is 5.75 Å². The number of hydrogen-bond acceptors (Lipinski definition) is 4. The minimum atomic E-state index is -0.449. The van der Waals surface area contributed by atoms with E-state index >= 15 is 0 Å². The summed E-state index contributed by atoms with van der Waals surface area (Å²) in [6.07, 6.45) is 1.52. The van der Waals surface area contributed by atoms with E-state index < -0.39 is 17.8 Å². The Balaban J connectivity index is 2.17. The summed E-state index contributed by atoms with van der Waals surface area (Å²) >= 11 is 0. The minimum absolute atomic E-state index is 0.0714. The molecule has 2 rings (SSSR count). The van der Waals surface area contributed by atoms with Gasteiger partial charge < -0.3 is 10.1 Å². The molecule has 124 valence electrons. The van der Waals surface area contributed by atoms with Crippen molar-refractivity contribution in [3.63, 3.8) is 0 Å². The Kier molecular flexibility index (Phi) is 4.68. The predicted octanol–water partition coefficient (Wildman–Crippen LogP) is 2.67. The van der Waals surface area contributed by atoms with Crippen molar-refractivity contribution in [1.82, 2.24) is 20.1 Å². The van der Waals surface area contributed by atoms with E-state index in [0.29, 0.717) is 11.3 Å². The average molecular weight is 320 g/mol. The first kappa shape index (κ1) is 16.9. The Bertz CT molecular complexity index is 706. The van der Waals surface area contributed by atoms with Crippen molar-refractivity contribution in [2.24, 2.45) is 0 Å². The third kappa shape index (κ3) is 3.85. The number of nitrogens with zero attached hydrogens (tertiary/aromatic N) is 3. The summed E-state index contributed by atoms with van der Waals surface area (Å²) in [5, 5.41) is 6.93. The number of methoxy groups -OCH3 is 1. The quantitative estimate of drug-likeness (QED) is 0.940. The molecule has 2 aromatic rings. The van der Waals surface area contributed by atoms with Crippen LogP contribution in [0.25, 0.3) is 0 Å². The van der Waals surface area contributed by atoms with E-state index in [4.69, 9.17) is 4.74 Å². The van der Waals surface area contributed by atoms with Gasteiger partial charge in [-0.1, -0.05) is 0 Å². The summed E-state index contributed by atoms with van der Waals surface area (Å²) in [5.41, 5.74) is 0.291. The van der Waals surface area contributed by atoms with Gasteiger partial charge in [-0.05, 0) is 45.9 Å². The monoisotopic (exact) mass is 320 g/mol. The van der Waals surface area contributed by atoms with Crippen LogP contribution >= 0.6 is 0 Å². The maximum Gasteiger partial charge on any atom is 0.291 e. The molecule has 0 aliphatic heterocycles. The third-order valence-corrected chi connectivity index (χ3v) is 3.39. The van der Waals surface area contributed by atoms with Crippen LogP contribution in [0.1, 0.15) is 49.9 Å². The van der Waals surface area contributed by atoms with Gasteiger partial charge in [0.1, 0.15) is 17.9 Å². The van der Waals surface area contributed by atoms with Gasteiger partial charge in [0, 0.05) is 5.56 Å². The maximum absolute atomic E-state index is 13.4. The number of aromatic nitrogens is 3. The molecule has 0 aliphatic rings. The number of benzene rings is 1. The molecule has 0 saturated carbocycles. The van der Waals surface area contributed by atoms with Crippen molar-refractivity contribution in [2.45, 2.75) is 39.3 Å². The van der Waals surface area contributed by atoms with Crippen LogP contribution in [0, 0.1) is 5.82 Å². The number of halogens is 1. The van der Waals surface area contributed by atoms with E-state index in [0.717, 1.165) is 0 Å². The Labute approximate surface area is 134 Å². The fourth-order valence-electron chi connectivity index (χ4n) is 2.07. The van der Waals surface area contributed by atoms with E-state index in [1.807, 2.05) is 20.8 Å². The largest absolute Gasteiger partial charge is 0.496 e. The molecule has 6 nitrogen and oxygen atoms in total. The zero-order valence-electron chi connectivity index (χ0n) is 13.9. The molecule has 1 aromatic carbocycles. The number of carbonyl (C=O) groups is 1. The van der Waals surface area contributed by atoms with Gasteiger partial charge in [0.2, 0.25) is 5.82 Å². The number of ether oxygens (including phenoxy) is 1. The van der Waals surface area contributed by atoms with Gasteiger partial charge in [-0.3, -0.25) is 4.79 Å². The fraction of sp³-hybridized carbons (Fsp3) is 0.438. The van der Waals surface area contributed by atoms with Crippen molar-refractivity contribution < 1.29 is 13.9 Å². The topological polar surface area (TPSA) is 69.0 Å². The van der Waals surface area contributed by atoms with Gasteiger partial charge in [-0.15, -0.1) is 5.10 Å². The molecule has 1 heterocycles. The van der Waals surface area contributed by atoms with Gasteiger partial charge in [-0.2, -0.15) is 0 Å². The van der Waals surface area contributed by atoms with E-state index in [1.54, 1.807) is 11.6 Å². The van der Waals surface area contributed by atoms with E-state index in [9.17, 15) is 9.18 Å². The molecule has 0 radical (unpaired) electrons. The van der Waals surface area contributed by atoms with Gasteiger partial charge >= 0.3 is 0 Å². The zero-order chi connectivity index (χ0) is 17.2. The Hall–Kier alpha value is -2.44. The molecule has 0 saturated heterocycles. The highest BCUT2D eigenvalue weighted by molar-refractivity contribution is 5.90. The summed E-state index contributed by atoms with van der Waals surface area (Å²) in [5.74, 6) is -0.238. The molecular formula is C16H21FN4O2. The van der Waals surface area contributed by atoms with Crippen molar-refractivity contribution in [3.05, 3.63) is 41.7 Å². The molecular weight excluding hydrogens is 299 g/mol. The first-order valence-electron chi connectivity index (χ1n) is 7.29. The zero-order valence-corrected chi connectivity index (χ0v) is 13.9. The van der Waals surface area contributed by atoms with Crippen molar-refractivity contribution in [2.75, 3.05) is 7.11 Å². The average Bonchev–Trinajstić information content (AvgIpc) is 2.97. The van der Waals surface area contributed by atoms with Crippen LogP contribution in [0.2, 0.25) is 0 Å². The maximum atomic E-state index is 13.4. The van der Waals surface area contributed by atoms with Gasteiger partial charge in [0.25, 0.3) is 5.91 Å². The second kappa shape index (κ2) is 6.36. The van der Waals surface area contributed by atoms with Crippen LogP contribution in [0.15, 0.2) is 24.5 Å². The predicted molar refractivity (Wildman–Crippen MR) is 83.9 cm³/mol. The summed E-state index contributed by atoms with van der Waals surface area (Å²) in [7, 11) is 1.50. The second-order valence-electron chi connectivity index (χ2n) is 6.26. The normalized spacial score (nSPS) is 12.8. The van der Waals surface area contributed by atoms with E-state index in [2.05, 4.69) is 15.4 Å². The molecule has 1 aromatic heterocycles. The highest BCUT2D eigenvalue weighted by Crippen LogP contribution is 2.26. The Morgan fingerprint density at radius 2 is 2.09 bits per heavy atom. The van der Waals surface area contributed by atoms with Crippen LogP contribution in [-0.2, 0) is 5.54 Å². The lowest BCUT2D eigenvalue weighted by Gasteiger charge is -2.18. The van der Waals surface area contributed by atoms with Crippen molar-refractivity contribution >= 4 is 5.91 Å². The van der Waals surface area contributed by atoms with Crippen LogP contribution in [0.4, 0.5) is 4.39 Å². The fourth-order valence-corrected chi connectivity index (χ4v) is 2.07. The first-order valence-corrected chi connectivity index (χ1v) is 7.29. The number of amides is 1. The Morgan fingerprint density at radius 3 is 2.65 bits per heavy atom. The molecule has 1 N–H and O–H groups in total. The standard InChI is InChI=1S/C16H21FN4O2/c1-10(12-8-11(17)6-7-13(12)23-5)19-15(22)14-18-9-21(20-14)16(2,3)4/h6-10H,1-5H3,(H,19,22). The molecule has 1 atom stereocenters. The lowest BCUT2D eigenvalue weighted by Crippen LogP contribution is -2.29. The smallest absolute Gasteiger partial charge is 0.291 e. The molecule has 0 spiro atoms. The van der Waals surface area contributed by atoms with Crippen LogP contribution in [0.3, 0.4) is 0 Å². The van der Waals surface area contributed by atoms with Crippen LogP contribution in [0.5, 0.6) is 5.75 Å². The molecule has 0 bridgehead atoms. The number of rotatable bonds is 4. The highest BCUT2D eigenvalue weighted by atomic mass is 19.1.